The van der Waals surface area contributed by atoms with E-state index in [1.165, 1.54) is 13.1 Å². The number of fused-ring (bicyclic) bond motifs is 1. The summed E-state index contributed by atoms with van der Waals surface area (Å²) >= 11 is 0. The molecular weight excluding hydrogens is 399 g/mol. The average Bonchev–Trinajstić information content (AvgIpc) is 3.15. The molecule has 1 saturated carbocycles. The zero-order chi connectivity index (χ0) is 22.0. The monoisotopic (exact) mass is 424 g/mol. The summed E-state index contributed by atoms with van der Waals surface area (Å²) in [6.07, 6.45) is 5.88. The zero-order valence-electron chi connectivity index (χ0n) is 17.3. The van der Waals surface area contributed by atoms with Crippen molar-refractivity contribution in [1.82, 2.24) is 20.2 Å². The van der Waals surface area contributed by atoms with Gasteiger partial charge in [0.2, 0.25) is 0 Å². The first-order valence-corrected chi connectivity index (χ1v) is 10.4. The molecule has 0 bridgehead atoms. The van der Waals surface area contributed by atoms with E-state index in [4.69, 9.17) is 0 Å². The summed E-state index contributed by atoms with van der Waals surface area (Å²) in [4.78, 5) is 28.8. The van der Waals surface area contributed by atoms with Crippen molar-refractivity contribution in [3.63, 3.8) is 0 Å². The molecule has 2 aromatic heterocycles. The Bertz CT molecular complexity index is 1110. The lowest BCUT2D eigenvalue weighted by Crippen LogP contribution is -2.45. The van der Waals surface area contributed by atoms with Crippen LogP contribution in [0.5, 0.6) is 0 Å². The van der Waals surface area contributed by atoms with Gasteiger partial charge in [-0.3, -0.25) is 14.6 Å². The van der Waals surface area contributed by atoms with Crippen LogP contribution in [0.2, 0.25) is 0 Å². The Morgan fingerprint density at radius 3 is 2.71 bits per heavy atom. The summed E-state index contributed by atoms with van der Waals surface area (Å²) in [6.45, 7) is 0.361. The smallest absolute Gasteiger partial charge is 0.269 e. The number of carbonyl (C=O) groups is 2. The second-order valence-electron chi connectivity index (χ2n) is 7.87. The van der Waals surface area contributed by atoms with Crippen molar-refractivity contribution < 1.29 is 19.1 Å². The van der Waals surface area contributed by atoms with Gasteiger partial charge in [-0.25, -0.2) is 4.39 Å². The van der Waals surface area contributed by atoms with Crippen LogP contribution in [0.1, 0.15) is 52.1 Å². The lowest BCUT2D eigenvalue weighted by molar-refractivity contribution is 0.0718. The molecule has 0 spiro atoms. The molecule has 2 heterocycles. The van der Waals surface area contributed by atoms with Gasteiger partial charge in [-0.2, -0.15) is 0 Å². The van der Waals surface area contributed by atoms with Gasteiger partial charge < -0.3 is 20.3 Å². The van der Waals surface area contributed by atoms with Crippen molar-refractivity contribution in [2.45, 2.75) is 44.4 Å². The highest BCUT2D eigenvalue weighted by atomic mass is 19.1. The molecule has 7 nitrogen and oxygen atoms in total. The second kappa shape index (κ2) is 8.85. The molecule has 1 fully saturated rings. The topological polar surface area (TPSA) is 96.2 Å². The molecule has 1 aliphatic rings. The molecule has 1 aromatic carbocycles. The largest absolute Gasteiger partial charge is 0.391 e. The molecule has 31 heavy (non-hydrogen) atoms. The number of nitrogens with zero attached hydrogens (tertiary/aromatic N) is 2. The number of hydrogen-bond acceptors (Lipinski definition) is 4. The van der Waals surface area contributed by atoms with Crippen LogP contribution in [-0.4, -0.2) is 45.7 Å². The summed E-state index contributed by atoms with van der Waals surface area (Å²) in [7, 11) is 1.54. The number of benzene rings is 1. The number of nitrogens with one attached hydrogen (secondary N) is 2. The number of pyridine rings is 1. The fraction of sp³-hybridized carbons (Fsp3) is 0.348. The molecule has 162 valence electrons. The third kappa shape index (κ3) is 4.29. The fourth-order valence-corrected chi connectivity index (χ4v) is 4.11. The number of aliphatic hydroxyl groups is 1. The van der Waals surface area contributed by atoms with E-state index in [-0.39, 0.29) is 22.9 Å². The fourth-order valence-electron chi connectivity index (χ4n) is 4.11. The number of aliphatic hydroxyl groups excluding tert-OH is 1. The quantitative estimate of drug-likeness (QED) is 0.587. The Morgan fingerprint density at radius 1 is 1.19 bits per heavy atom. The standard InChI is InChI=1S/C23H25FN4O3/c1-25-23(31)18-10-9-14(11-26-18)12-28-13-15(21-16(24)5-4-7-19(21)28)22(30)27-17-6-2-3-8-20(17)29/h4-5,7,9-11,13,17,20,29H,2-3,6,8,12H2,1H3,(H,25,31)(H,27,30). The van der Waals surface area contributed by atoms with E-state index in [0.29, 0.717) is 30.6 Å². The van der Waals surface area contributed by atoms with Gasteiger partial charge in [0.15, 0.2) is 0 Å². The van der Waals surface area contributed by atoms with Crippen molar-refractivity contribution in [3.05, 3.63) is 65.4 Å². The maximum atomic E-state index is 14.7. The molecule has 1 aliphatic carbocycles. The minimum atomic E-state index is -0.583. The van der Waals surface area contributed by atoms with Crippen molar-refractivity contribution in [2.24, 2.45) is 0 Å². The lowest BCUT2D eigenvalue weighted by atomic mass is 9.92. The Labute approximate surface area is 179 Å². The lowest BCUT2D eigenvalue weighted by Gasteiger charge is -2.28. The minimum absolute atomic E-state index is 0.237. The van der Waals surface area contributed by atoms with Gasteiger partial charge in [-0.05, 0) is 36.6 Å². The van der Waals surface area contributed by atoms with Crippen LogP contribution in [0.3, 0.4) is 0 Å². The van der Waals surface area contributed by atoms with Crippen molar-refractivity contribution >= 4 is 22.7 Å². The highest BCUT2D eigenvalue weighted by Gasteiger charge is 2.27. The zero-order valence-corrected chi connectivity index (χ0v) is 17.3. The third-order valence-electron chi connectivity index (χ3n) is 5.78. The number of aromatic nitrogens is 2. The van der Waals surface area contributed by atoms with Crippen molar-refractivity contribution in [2.75, 3.05) is 7.05 Å². The molecular formula is C23H25FN4O3. The second-order valence-corrected chi connectivity index (χ2v) is 7.87. The van der Waals surface area contributed by atoms with Gasteiger partial charge >= 0.3 is 0 Å². The van der Waals surface area contributed by atoms with Gasteiger partial charge in [0, 0.05) is 31.4 Å². The molecule has 2 atom stereocenters. The van der Waals surface area contributed by atoms with Crippen LogP contribution in [0, 0.1) is 5.82 Å². The predicted octanol–water partition coefficient (Wildman–Crippen LogP) is 2.62. The highest BCUT2D eigenvalue weighted by molar-refractivity contribution is 6.07. The first-order chi connectivity index (χ1) is 15.0. The van der Waals surface area contributed by atoms with Gasteiger partial charge in [0.05, 0.1) is 23.2 Å². The first kappa shape index (κ1) is 21.0. The van der Waals surface area contributed by atoms with Crippen molar-refractivity contribution in [3.8, 4) is 0 Å². The van der Waals surface area contributed by atoms with E-state index in [1.807, 2.05) is 0 Å². The summed E-state index contributed by atoms with van der Waals surface area (Å²) in [5.41, 5.74) is 1.94. The van der Waals surface area contributed by atoms with Gasteiger partial charge in [0.1, 0.15) is 11.5 Å². The Morgan fingerprint density at radius 2 is 2.00 bits per heavy atom. The Hall–Kier alpha value is -3.26. The summed E-state index contributed by atoms with van der Waals surface area (Å²) in [5.74, 6) is -1.14. The van der Waals surface area contributed by atoms with Crippen LogP contribution in [0.25, 0.3) is 10.9 Å². The molecule has 8 heteroatoms. The van der Waals surface area contributed by atoms with Gasteiger partial charge in [-0.1, -0.05) is 25.0 Å². The third-order valence-corrected chi connectivity index (χ3v) is 5.78. The molecule has 0 radical (unpaired) electrons. The Kier molecular flexibility index (Phi) is 5.99. The molecule has 0 aliphatic heterocycles. The van der Waals surface area contributed by atoms with Crippen LogP contribution in [-0.2, 0) is 6.54 Å². The van der Waals surface area contributed by atoms with Gasteiger partial charge in [-0.15, -0.1) is 0 Å². The summed E-state index contributed by atoms with van der Waals surface area (Å²) in [5, 5.41) is 15.8. The SMILES string of the molecule is CNC(=O)c1ccc(Cn2cc(C(=O)NC3CCCCC3O)c3c(F)cccc32)cn1. The van der Waals surface area contributed by atoms with Crippen LogP contribution >= 0.6 is 0 Å². The van der Waals surface area contributed by atoms with Crippen molar-refractivity contribution in [1.29, 1.82) is 0 Å². The molecule has 3 aromatic rings. The van der Waals surface area contributed by atoms with E-state index >= 15 is 0 Å². The van der Waals surface area contributed by atoms with Gasteiger partial charge in [0.25, 0.3) is 11.8 Å². The predicted molar refractivity (Wildman–Crippen MR) is 114 cm³/mol. The minimum Gasteiger partial charge on any atom is -0.391 e. The molecule has 4 rings (SSSR count). The number of rotatable bonds is 5. The van der Waals surface area contributed by atoms with E-state index in [0.717, 1.165) is 18.4 Å². The number of carbonyl (C=O) groups excluding carboxylic acids is 2. The van der Waals surface area contributed by atoms with E-state index in [1.54, 1.807) is 41.2 Å². The summed E-state index contributed by atoms with van der Waals surface area (Å²) in [6, 6.07) is 7.77. The highest BCUT2D eigenvalue weighted by Crippen LogP contribution is 2.26. The van der Waals surface area contributed by atoms with E-state index in [9.17, 15) is 19.1 Å². The number of amides is 2. The molecule has 2 unspecified atom stereocenters. The molecule has 2 amide bonds. The molecule has 3 N–H and O–H groups in total. The number of halogens is 1. The van der Waals surface area contributed by atoms with E-state index < -0.39 is 17.8 Å². The Balaban J connectivity index is 1.63. The maximum Gasteiger partial charge on any atom is 0.269 e. The number of hydrogen-bond donors (Lipinski definition) is 3. The average molecular weight is 424 g/mol. The molecule has 0 saturated heterocycles. The van der Waals surface area contributed by atoms with Crippen LogP contribution in [0.15, 0.2) is 42.7 Å². The van der Waals surface area contributed by atoms with Crippen LogP contribution in [0.4, 0.5) is 4.39 Å². The van der Waals surface area contributed by atoms with E-state index in [2.05, 4.69) is 15.6 Å². The summed E-state index contributed by atoms with van der Waals surface area (Å²) < 4.78 is 16.5. The van der Waals surface area contributed by atoms with Crippen LogP contribution < -0.4 is 10.6 Å². The maximum absolute atomic E-state index is 14.7. The normalized spacial score (nSPS) is 18.7. The first-order valence-electron chi connectivity index (χ1n) is 10.4.